The highest BCUT2D eigenvalue weighted by Crippen LogP contribution is 2.30. The Morgan fingerprint density at radius 2 is 2.04 bits per heavy atom. The number of anilines is 2. The van der Waals surface area contributed by atoms with Gasteiger partial charge in [-0.15, -0.1) is 0 Å². The number of rotatable bonds is 5. The molecule has 1 atom stereocenters. The quantitative estimate of drug-likeness (QED) is 0.512. The molecule has 2 aromatic heterocycles. The molecule has 2 heterocycles. The lowest BCUT2D eigenvalue weighted by Crippen LogP contribution is -1.99. The molecule has 0 fully saturated rings. The number of fused-ring (bicyclic) bond motifs is 1. The van der Waals surface area contributed by atoms with Crippen molar-refractivity contribution in [1.82, 2.24) is 15.0 Å². The minimum Gasteiger partial charge on any atom is -0.436 e. The average Bonchev–Trinajstić information content (AvgIpc) is 3.06. The number of hydrogen-bond acceptors (Lipinski definition) is 5. The zero-order chi connectivity index (χ0) is 19.7. The largest absolute Gasteiger partial charge is 0.436 e. The highest BCUT2D eigenvalue weighted by atomic mass is 32.2. The summed E-state index contributed by atoms with van der Waals surface area (Å²) in [5.41, 5.74) is 2.27. The second kappa shape index (κ2) is 7.40. The number of aryl methyl sites for hydroxylation is 1. The van der Waals surface area contributed by atoms with E-state index in [1.165, 1.54) is 6.20 Å². The standard InChI is InChI=1S/C20H17FN4O2S/c1-12-10-15-16(23-12)6-7-17(19(15)21)27-18-8-9-22-20(25-18)24-13-4-3-5-14(11-13)28(2)26/h3-11,23H,1-2H3,(H,22,24,25). The Kier molecular flexibility index (Phi) is 4.79. The summed E-state index contributed by atoms with van der Waals surface area (Å²) in [6.45, 7) is 1.87. The number of nitrogens with one attached hydrogen (secondary N) is 2. The van der Waals surface area contributed by atoms with E-state index in [-0.39, 0.29) is 17.6 Å². The van der Waals surface area contributed by atoms with Gasteiger partial charge in [-0.25, -0.2) is 9.37 Å². The van der Waals surface area contributed by atoms with Gasteiger partial charge >= 0.3 is 0 Å². The van der Waals surface area contributed by atoms with Crippen molar-refractivity contribution in [2.45, 2.75) is 11.8 Å². The number of ether oxygens (including phenoxy) is 1. The highest BCUT2D eigenvalue weighted by molar-refractivity contribution is 7.84. The van der Waals surface area contributed by atoms with Crippen molar-refractivity contribution in [1.29, 1.82) is 0 Å². The third-order valence-corrected chi connectivity index (χ3v) is 5.02. The van der Waals surface area contributed by atoms with E-state index in [1.54, 1.807) is 48.7 Å². The van der Waals surface area contributed by atoms with Gasteiger partial charge < -0.3 is 15.0 Å². The normalized spacial score (nSPS) is 12.1. The van der Waals surface area contributed by atoms with E-state index in [2.05, 4.69) is 20.3 Å². The third kappa shape index (κ3) is 3.72. The fourth-order valence-electron chi connectivity index (χ4n) is 2.82. The van der Waals surface area contributed by atoms with Crippen LogP contribution < -0.4 is 10.1 Å². The van der Waals surface area contributed by atoms with Gasteiger partial charge in [0.25, 0.3) is 0 Å². The monoisotopic (exact) mass is 396 g/mol. The van der Waals surface area contributed by atoms with Gasteiger partial charge in [-0.05, 0) is 43.3 Å². The lowest BCUT2D eigenvalue weighted by molar-refractivity contribution is 0.430. The van der Waals surface area contributed by atoms with Crippen molar-refractivity contribution in [3.05, 3.63) is 66.2 Å². The first-order valence-corrected chi connectivity index (χ1v) is 10.0. The maximum absolute atomic E-state index is 14.7. The van der Waals surface area contributed by atoms with Crippen molar-refractivity contribution in [3.8, 4) is 11.6 Å². The summed E-state index contributed by atoms with van der Waals surface area (Å²) in [4.78, 5) is 12.2. The summed E-state index contributed by atoms with van der Waals surface area (Å²) in [5, 5.41) is 3.50. The molecule has 0 spiro atoms. The summed E-state index contributed by atoms with van der Waals surface area (Å²) in [7, 11) is -1.09. The van der Waals surface area contributed by atoms with Crippen LogP contribution in [0.15, 0.2) is 59.6 Å². The first kappa shape index (κ1) is 18.1. The third-order valence-electron chi connectivity index (χ3n) is 4.10. The molecule has 2 N–H and O–H groups in total. The minimum atomic E-state index is -1.09. The summed E-state index contributed by atoms with van der Waals surface area (Å²) in [6.07, 6.45) is 3.13. The van der Waals surface area contributed by atoms with Crippen LogP contribution in [0, 0.1) is 12.7 Å². The van der Waals surface area contributed by atoms with E-state index in [4.69, 9.17) is 4.74 Å². The molecule has 0 amide bonds. The van der Waals surface area contributed by atoms with E-state index >= 15 is 0 Å². The number of nitrogens with zero attached hydrogens (tertiary/aromatic N) is 2. The predicted octanol–water partition coefficient (Wildman–Crippen LogP) is 4.68. The van der Waals surface area contributed by atoms with Gasteiger partial charge in [0, 0.05) is 56.5 Å². The molecule has 4 rings (SSSR count). The summed E-state index contributed by atoms with van der Waals surface area (Å²) >= 11 is 0. The molecule has 0 aliphatic carbocycles. The Bertz CT molecular complexity index is 1190. The molecule has 0 bridgehead atoms. The maximum atomic E-state index is 14.7. The van der Waals surface area contributed by atoms with E-state index in [9.17, 15) is 8.60 Å². The molecule has 28 heavy (non-hydrogen) atoms. The molecule has 0 radical (unpaired) electrons. The lowest BCUT2D eigenvalue weighted by atomic mass is 10.2. The fraction of sp³-hybridized carbons (Fsp3) is 0.100. The molecule has 0 saturated carbocycles. The van der Waals surface area contributed by atoms with Crippen LogP contribution in [0.3, 0.4) is 0 Å². The molecule has 1 unspecified atom stereocenters. The molecule has 4 aromatic rings. The number of halogens is 1. The Morgan fingerprint density at radius 1 is 1.18 bits per heavy atom. The number of aromatic amines is 1. The van der Waals surface area contributed by atoms with Gasteiger partial charge in [0.2, 0.25) is 11.8 Å². The Balaban J connectivity index is 1.58. The highest BCUT2D eigenvalue weighted by Gasteiger charge is 2.12. The van der Waals surface area contributed by atoms with Crippen LogP contribution in [-0.4, -0.2) is 25.4 Å². The second-order valence-corrected chi connectivity index (χ2v) is 7.60. The fourth-order valence-corrected chi connectivity index (χ4v) is 3.38. The number of H-pyrrole nitrogens is 1. The maximum Gasteiger partial charge on any atom is 0.230 e. The first-order chi connectivity index (χ1) is 13.5. The van der Waals surface area contributed by atoms with Crippen molar-refractivity contribution in [3.63, 3.8) is 0 Å². The van der Waals surface area contributed by atoms with Crippen molar-refractivity contribution in [2.75, 3.05) is 11.6 Å². The number of aromatic nitrogens is 3. The molecule has 142 valence electrons. The first-order valence-electron chi connectivity index (χ1n) is 8.49. The van der Waals surface area contributed by atoms with Crippen LogP contribution in [-0.2, 0) is 10.8 Å². The van der Waals surface area contributed by atoms with Crippen LogP contribution in [0.25, 0.3) is 10.9 Å². The lowest BCUT2D eigenvalue weighted by Gasteiger charge is -2.09. The molecular formula is C20H17FN4O2S. The molecular weight excluding hydrogens is 379 g/mol. The van der Waals surface area contributed by atoms with Crippen LogP contribution in [0.4, 0.5) is 16.0 Å². The zero-order valence-corrected chi connectivity index (χ0v) is 16.0. The van der Waals surface area contributed by atoms with E-state index in [1.807, 2.05) is 13.0 Å². The summed E-state index contributed by atoms with van der Waals surface area (Å²) < 4.78 is 32.0. The smallest absolute Gasteiger partial charge is 0.230 e. The predicted molar refractivity (Wildman–Crippen MR) is 107 cm³/mol. The summed E-state index contributed by atoms with van der Waals surface area (Å²) in [5.74, 6) is 0.126. The van der Waals surface area contributed by atoms with Gasteiger partial charge in [0.1, 0.15) is 0 Å². The van der Waals surface area contributed by atoms with Crippen LogP contribution in [0.5, 0.6) is 11.6 Å². The molecule has 0 saturated heterocycles. The van der Waals surface area contributed by atoms with E-state index < -0.39 is 16.6 Å². The minimum absolute atomic E-state index is 0.0829. The van der Waals surface area contributed by atoms with Gasteiger partial charge in [0.05, 0.1) is 0 Å². The number of hydrogen-bond donors (Lipinski definition) is 2. The van der Waals surface area contributed by atoms with Crippen LogP contribution in [0.1, 0.15) is 5.69 Å². The van der Waals surface area contributed by atoms with Crippen LogP contribution in [0.2, 0.25) is 0 Å². The van der Waals surface area contributed by atoms with Crippen molar-refractivity contribution < 1.29 is 13.3 Å². The molecule has 0 aliphatic heterocycles. The van der Waals surface area contributed by atoms with E-state index in [0.717, 1.165) is 5.69 Å². The van der Waals surface area contributed by atoms with E-state index in [0.29, 0.717) is 21.5 Å². The summed E-state index contributed by atoms with van der Waals surface area (Å²) in [6, 6.07) is 13.8. The zero-order valence-electron chi connectivity index (χ0n) is 15.2. The average molecular weight is 396 g/mol. The van der Waals surface area contributed by atoms with Gasteiger partial charge in [-0.1, -0.05) is 6.07 Å². The van der Waals surface area contributed by atoms with Crippen molar-refractivity contribution >= 4 is 33.3 Å². The Morgan fingerprint density at radius 3 is 2.86 bits per heavy atom. The molecule has 8 heteroatoms. The van der Waals surface area contributed by atoms with Gasteiger partial charge in [0.15, 0.2) is 11.6 Å². The Labute approximate surface area is 163 Å². The second-order valence-electron chi connectivity index (χ2n) is 6.22. The molecule has 6 nitrogen and oxygen atoms in total. The van der Waals surface area contributed by atoms with Gasteiger partial charge in [-0.3, -0.25) is 4.21 Å². The molecule has 2 aromatic carbocycles. The van der Waals surface area contributed by atoms with Crippen molar-refractivity contribution in [2.24, 2.45) is 0 Å². The van der Waals surface area contributed by atoms with Gasteiger partial charge in [-0.2, -0.15) is 4.98 Å². The topological polar surface area (TPSA) is 79.9 Å². The SMILES string of the molecule is Cc1cc2c(F)c(Oc3ccnc(Nc4cccc(S(C)=O)c4)n3)ccc2[nH]1. The Hall–Kier alpha value is -3.26. The van der Waals surface area contributed by atoms with Crippen LogP contribution >= 0.6 is 0 Å². The molecule has 0 aliphatic rings. The number of benzene rings is 2.